The van der Waals surface area contributed by atoms with E-state index in [0.717, 1.165) is 66.3 Å². The molecule has 7 nitrogen and oxygen atoms in total. The first-order valence-corrected chi connectivity index (χ1v) is 12.7. The third-order valence-corrected chi connectivity index (χ3v) is 8.31. The van der Waals surface area contributed by atoms with E-state index in [1.807, 2.05) is 48.2 Å². The first-order chi connectivity index (χ1) is 16.9. The number of fused-ring (bicyclic) bond motifs is 2. The van der Waals surface area contributed by atoms with Crippen molar-refractivity contribution in [1.82, 2.24) is 24.6 Å². The number of nitrogens with two attached hydrogens (primary N) is 1. The fourth-order valence-electron chi connectivity index (χ4n) is 5.97. The summed E-state index contributed by atoms with van der Waals surface area (Å²) in [6.45, 7) is 8.04. The number of halogens is 1. The number of aromatic nitrogens is 5. The summed E-state index contributed by atoms with van der Waals surface area (Å²) in [5.41, 5.74) is 13.8. The molecule has 5 heterocycles. The van der Waals surface area contributed by atoms with Crippen molar-refractivity contribution in [2.75, 3.05) is 18.0 Å². The van der Waals surface area contributed by atoms with Crippen LogP contribution < -0.4 is 10.6 Å². The zero-order valence-electron chi connectivity index (χ0n) is 20.4. The van der Waals surface area contributed by atoms with Crippen molar-refractivity contribution in [3.8, 4) is 11.3 Å². The van der Waals surface area contributed by atoms with Gasteiger partial charge in [0.2, 0.25) is 0 Å². The molecule has 0 aromatic carbocycles. The summed E-state index contributed by atoms with van der Waals surface area (Å²) in [5, 5.41) is 5.35. The van der Waals surface area contributed by atoms with Crippen molar-refractivity contribution in [3.63, 3.8) is 0 Å². The van der Waals surface area contributed by atoms with Gasteiger partial charge in [-0.25, -0.2) is 9.50 Å². The van der Waals surface area contributed by atoms with Gasteiger partial charge in [0.1, 0.15) is 5.52 Å². The van der Waals surface area contributed by atoms with Crippen molar-refractivity contribution < 1.29 is 0 Å². The van der Waals surface area contributed by atoms with Gasteiger partial charge in [-0.2, -0.15) is 5.10 Å². The lowest BCUT2D eigenvalue weighted by atomic mass is 9.73. The molecule has 4 aromatic rings. The molecule has 1 fully saturated rings. The summed E-state index contributed by atoms with van der Waals surface area (Å²) in [5.74, 6) is 1.20. The van der Waals surface area contributed by atoms with Gasteiger partial charge >= 0.3 is 0 Å². The lowest BCUT2D eigenvalue weighted by Crippen LogP contribution is -2.44. The van der Waals surface area contributed by atoms with Crippen LogP contribution in [0.5, 0.6) is 0 Å². The second kappa shape index (κ2) is 8.28. The van der Waals surface area contributed by atoms with Crippen LogP contribution in [0, 0.1) is 12.3 Å². The fraction of sp³-hybridized carbons (Fsp3) is 0.407. The van der Waals surface area contributed by atoms with Gasteiger partial charge in [-0.3, -0.25) is 9.97 Å². The maximum atomic E-state index is 6.83. The number of pyridine rings is 2. The molecule has 2 N–H and O–H groups in total. The zero-order chi connectivity index (χ0) is 24.3. The van der Waals surface area contributed by atoms with Gasteiger partial charge in [0.15, 0.2) is 5.82 Å². The molecular weight excluding hydrogens is 458 g/mol. The Balaban J connectivity index is 1.34. The van der Waals surface area contributed by atoms with E-state index < -0.39 is 0 Å². The van der Waals surface area contributed by atoms with Crippen LogP contribution in [-0.4, -0.2) is 37.7 Å². The quantitative estimate of drug-likeness (QED) is 0.432. The second-order valence-corrected chi connectivity index (χ2v) is 10.6. The minimum Gasteiger partial charge on any atom is -0.355 e. The molecule has 2 aliphatic rings. The third kappa shape index (κ3) is 3.44. The molecule has 1 saturated heterocycles. The maximum Gasteiger partial charge on any atom is 0.155 e. The fourth-order valence-corrected chi connectivity index (χ4v) is 6.39. The normalized spacial score (nSPS) is 19.1. The number of nitrogens with zero attached hydrogens (tertiary/aromatic N) is 6. The number of piperidine rings is 1. The van der Waals surface area contributed by atoms with Crippen molar-refractivity contribution in [2.45, 2.75) is 52.0 Å². The van der Waals surface area contributed by atoms with Crippen LogP contribution in [0.3, 0.4) is 0 Å². The monoisotopic (exact) mass is 487 g/mol. The summed E-state index contributed by atoms with van der Waals surface area (Å²) < 4.78 is 1.98. The van der Waals surface area contributed by atoms with E-state index in [-0.39, 0.29) is 17.4 Å². The van der Waals surface area contributed by atoms with E-state index in [4.69, 9.17) is 22.3 Å². The topological polar surface area (TPSA) is 85.2 Å². The number of rotatable bonds is 3. The van der Waals surface area contributed by atoms with E-state index in [1.54, 1.807) is 0 Å². The predicted octanol–water partition coefficient (Wildman–Crippen LogP) is 5.11. The molecule has 35 heavy (non-hydrogen) atoms. The Hall–Kier alpha value is -3.03. The lowest BCUT2D eigenvalue weighted by molar-refractivity contribution is 0.187. The molecule has 0 radical (unpaired) electrons. The van der Waals surface area contributed by atoms with Gasteiger partial charge in [-0.15, -0.1) is 0 Å². The highest BCUT2D eigenvalue weighted by Crippen LogP contribution is 2.50. The predicted molar refractivity (Wildman–Crippen MR) is 139 cm³/mol. The van der Waals surface area contributed by atoms with Crippen LogP contribution in [0.1, 0.15) is 61.3 Å². The molecule has 0 amide bonds. The SMILES string of the molecule is Cc1nc(N2CCC3(CC2)Cc2ncccc2[C@H]3N)c2ccnn2c1-c1ccnc(C(C)C)c1Cl. The summed E-state index contributed by atoms with van der Waals surface area (Å²) in [6.07, 6.45) is 8.53. The molecule has 0 saturated carbocycles. The molecule has 1 aliphatic carbocycles. The van der Waals surface area contributed by atoms with Crippen LogP contribution >= 0.6 is 11.6 Å². The van der Waals surface area contributed by atoms with Gasteiger partial charge in [-0.05, 0) is 61.3 Å². The van der Waals surface area contributed by atoms with Crippen molar-refractivity contribution in [1.29, 1.82) is 0 Å². The number of hydrogen-bond donors (Lipinski definition) is 1. The van der Waals surface area contributed by atoms with Crippen LogP contribution in [0.4, 0.5) is 5.82 Å². The van der Waals surface area contributed by atoms with Crippen LogP contribution in [0.2, 0.25) is 5.02 Å². The smallest absolute Gasteiger partial charge is 0.155 e. The largest absolute Gasteiger partial charge is 0.355 e. The minimum absolute atomic E-state index is 0.0457. The maximum absolute atomic E-state index is 6.83. The highest BCUT2D eigenvalue weighted by atomic mass is 35.5. The van der Waals surface area contributed by atoms with Gasteiger partial charge < -0.3 is 10.6 Å². The van der Waals surface area contributed by atoms with E-state index in [1.165, 1.54) is 11.3 Å². The van der Waals surface area contributed by atoms with Crippen molar-refractivity contribution in [3.05, 3.63) is 70.5 Å². The molecule has 1 spiro atoms. The molecule has 1 atom stereocenters. The Kier molecular flexibility index (Phi) is 5.31. The third-order valence-electron chi connectivity index (χ3n) is 7.92. The highest BCUT2D eigenvalue weighted by molar-refractivity contribution is 6.34. The Bertz CT molecular complexity index is 1420. The molecule has 0 bridgehead atoms. The number of aryl methyl sites for hydroxylation is 1. The Morgan fingerprint density at radius 3 is 2.63 bits per heavy atom. The first-order valence-electron chi connectivity index (χ1n) is 12.3. The van der Waals surface area contributed by atoms with Crippen molar-refractivity contribution in [2.24, 2.45) is 11.1 Å². The Morgan fingerprint density at radius 2 is 1.89 bits per heavy atom. The van der Waals surface area contributed by atoms with Crippen LogP contribution in [0.15, 0.2) is 42.9 Å². The van der Waals surface area contributed by atoms with E-state index in [0.29, 0.717) is 5.02 Å². The minimum atomic E-state index is 0.0457. The molecular formula is C27H30ClN7. The molecule has 0 unspecified atom stereocenters. The zero-order valence-corrected chi connectivity index (χ0v) is 21.1. The number of anilines is 1. The lowest BCUT2D eigenvalue weighted by Gasteiger charge is -2.42. The molecule has 8 heteroatoms. The molecule has 6 rings (SSSR count). The van der Waals surface area contributed by atoms with Gasteiger partial charge in [-0.1, -0.05) is 31.5 Å². The summed E-state index contributed by atoms with van der Waals surface area (Å²) in [4.78, 5) is 16.6. The van der Waals surface area contributed by atoms with Gasteiger partial charge in [0.25, 0.3) is 0 Å². The summed E-state index contributed by atoms with van der Waals surface area (Å²) in [7, 11) is 0. The summed E-state index contributed by atoms with van der Waals surface area (Å²) >= 11 is 6.83. The summed E-state index contributed by atoms with van der Waals surface area (Å²) in [6, 6.07) is 8.18. The molecule has 4 aromatic heterocycles. The number of hydrogen-bond acceptors (Lipinski definition) is 6. The average Bonchev–Trinajstić information content (AvgIpc) is 3.43. The van der Waals surface area contributed by atoms with Gasteiger partial charge in [0, 0.05) is 42.8 Å². The second-order valence-electron chi connectivity index (χ2n) is 10.3. The highest BCUT2D eigenvalue weighted by Gasteiger charge is 2.46. The average molecular weight is 488 g/mol. The van der Waals surface area contributed by atoms with Crippen molar-refractivity contribution >= 4 is 22.9 Å². The molecule has 1 aliphatic heterocycles. The Morgan fingerprint density at radius 1 is 1.09 bits per heavy atom. The first kappa shape index (κ1) is 22.4. The van der Waals surface area contributed by atoms with E-state index in [9.17, 15) is 0 Å². The van der Waals surface area contributed by atoms with E-state index in [2.05, 4.69) is 39.9 Å². The van der Waals surface area contributed by atoms with Gasteiger partial charge in [0.05, 0.1) is 28.3 Å². The Labute approximate surface area is 210 Å². The van der Waals surface area contributed by atoms with E-state index >= 15 is 0 Å². The molecule has 180 valence electrons. The standard InChI is InChI=1S/C27H30ClN7/c1-16(2)23-22(28)19(6-11-31-23)24-17(3)33-26(21-7-12-32-35(21)24)34-13-8-27(9-14-34)15-20-18(25(27)29)5-4-10-30-20/h4-7,10-12,16,25H,8-9,13-15,29H2,1-3H3/t25-/m1/s1. The van der Waals surface area contributed by atoms with Crippen LogP contribution in [-0.2, 0) is 6.42 Å². The van der Waals surface area contributed by atoms with Crippen LogP contribution in [0.25, 0.3) is 16.8 Å².